The number of guanidine groups is 1. The normalized spacial score (nSPS) is 17.3. The standard InChI is InChI=1S/C25H33ClN4O5/c26-20-12-18(13-21-19(20)14-29-15-22(31)28-25(29)27-21)35-11-7-2-1-6-10-23(32)30(16-24(33)34)17-8-4-3-5-9-17/h12-13,17H,1-11,14-16H2,(H,33,34)(H,27,28,31). The van der Waals surface area contributed by atoms with E-state index in [-0.39, 0.29) is 30.9 Å². The quantitative estimate of drug-likeness (QED) is 0.443. The van der Waals surface area contributed by atoms with Gasteiger partial charge >= 0.3 is 5.97 Å². The molecule has 4 rings (SSSR count). The van der Waals surface area contributed by atoms with Crippen LogP contribution in [0.2, 0.25) is 5.02 Å². The van der Waals surface area contributed by atoms with Gasteiger partial charge in [0, 0.05) is 30.6 Å². The number of hydrogen-bond acceptors (Lipinski definition) is 6. The summed E-state index contributed by atoms with van der Waals surface area (Å²) < 4.78 is 5.88. The largest absolute Gasteiger partial charge is 0.493 e. The van der Waals surface area contributed by atoms with Gasteiger partial charge in [-0.3, -0.25) is 19.7 Å². The molecular weight excluding hydrogens is 472 g/mol. The summed E-state index contributed by atoms with van der Waals surface area (Å²) in [5, 5.41) is 12.5. The Kier molecular flexibility index (Phi) is 8.49. The van der Waals surface area contributed by atoms with E-state index >= 15 is 0 Å². The van der Waals surface area contributed by atoms with Gasteiger partial charge in [-0.05, 0) is 31.7 Å². The molecule has 1 saturated carbocycles. The highest BCUT2D eigenvalue weighted by atomic mass is 35.5. The van der Waals surface area contributed by atoms with Crippen LogP contribution in [0.4, 0.5) is 5.69 Å². The zero-order valence-electron chi connectivity index (χ0n) is 19.9. The second kappa shape index (κ2) is 11.7. The van der Waals surface area contributed by atoms with Crippen LogP contribution >= 0.6 is 11.6 Å². The Morgan fingerprint density at radius 3 is 2.69 bits per heavy atom. The third-order valence-corrected chi connectivity index (χ3v) is 7.14. The SMILES string of the molecule is O=C(O)CN(C(=O)CCCCCCOc1cc(Cl)c2c(c1)N=C1NC(=O)CN1C2)C1CCCCC1. The Bertz CT molecular complexity index is 992. The van der Waals surface area contributed by atoms with Gasteiger partial charge in [-0.2, -0.15) is 0 Å². The third kappa shape index (κ3) is 6.66. The first-order valence-electron chi connectivity index (χ1n) is 12.5. The molecule has 1 aromatic carbocycles. The molecule has 0 radical (unpaired) electrons. The van der Waals surface area contributed by atoms with E-state index in [0.29, 0.717) is 42.0 Å². The zero-order chi connectivity index (χ0) is 24.8. The van der Waals surface area contributed by atoms with Gasteiger partial charge in [-0.15, -0.1) is 0 Å². The summed E-state index contributed by atoms with van der Waals surface area (Å²) >= 11 is 6.44. The number of nitrogens with one attached hydrogen (secondary N) is 1. The molecule has 190 valence electrons. The van der Waals surface area contributed by atoms with E-state index in [1.165, 1.54) is 0 Å². The Hall–Kier alpha value is -2.81. The maximum absolute atomic E-state index is 12.7. The number of hydrogen-bond donors (Lipinski definition) is 2. The van der Waals surface area contributed by atoms with E-state index in [1.807, 2.05) is 11.0 Å². The van der Waals surface area contributed by atoms with Gasteiger partial charge in [-0.25, -0.2) is 4.99 Å². The van der Waals surface area contributed by atoms with E-state index in [4.69, 9.17) is 16.3 Å². The number of fused-ring (bicyclic) bond motifs is 2. The van der Waals surface area contributed by atoms with Gasteiger partial charge in [0.15, 0.2) is 0 Å². The van der Waals surface area contributed by atoms with Gasteiger partial charge in [0.1, 0.15) is 18.8 Å². The minimum absolute atomic E-state index is 0.0436. The van der Waals surface area contributed by atoms with Crippen molar-refractivity contribution in [2.45, 2.75) is 76.8 Å². The van der Waals surface area contributed by atoms with Crippen LogP contribution in [-0.2, 0) is 20.9 Å². The summed E-state index contributed by atoms with van der Waals surface area (Å²) in [6, 6.07) is 3.70. The van der Waals surface area contributed by atoms with Crippen LogP contribution in [0.1, 0.15) is 69.8 Å². The van der Waals surface area contributed by atoms with E-state index < -0.39 is 5.97 Å². The number of carboxylic acid groups (broad SMARTS) is 1. The lowest BCUT2D eigenvalue weighted by molar-refractivity contribution is -0.146. The highest BCUT2D eigenvalue weighted by molar-refractivity contribution is 6.32. The fourth-order valence-corrected chi connectivity index (χ4v) is 5.25. The number of unbranched alkanes of at least 4 members (excludes halogenated alkanes) is 3. The van der Waals surface area contributed by atoms with Crippen LogP contribution in [0.5, 0.6) is 5.75 Å². The summed E-state index contributed by atoms with van der Waals surface area (Å²) in [5.74, 6) is 0.130. The second-order valence-corrected chi connectivity index (χ2v) is 9.87. The molecule has 2 amide bonds. The van der Waals surface area contributed by atoms with Crippen molar-refractivity contribution in [3.63, 3.8) is 0 Å². The van der Waals surface area contributed by atoms with Gasteiger partial charge in [0.05, 0.1) is 17.3 Å². The number of amides is 2. The molecule has 1 aliphatic carbocycles. The molecule has 2 heterocycles. The van der Waals surface area contributed by atoms with Crippen LogP contribution in [0.3, 0.4) is 0 Å². The number of ether oxygens (including phenoxy) is 1. The number of aliphatic imine (C=N–C) groups is 1. The number of carboxylic acids is 1. The first kappa shape index (κ1) is 25.3. The van der Waals surface area contributed by atoms with Crippen molar-refractivity contribution in [1.82, 2.24) is 15.1 Å². The molecular formula is C25H33ClN4O5. The van der Waals surface area contributed by atoms with Crippen LogP contribution in [-0.4, -0.2) is 64.4 Å². The van der Waals surface area contributed by atoms with Crippen molar-refractivity contribution in [3.05, 3.63) is 22.7 Å². The van der Waals surface area contributed by atoms with Crippen molar-refractivity contribution in [3.8, 4) is 5.75 Å². The van der Waals surface area contributed by atoms with E-state index in [0.717, 1.165) is 63.4 Å². The molecule has 1 aromatic rings. The summed E-state index contributed by atoms with van der Waals surface area (Å²) in [6.45, 7) is 1.15. The van der Waals surface area contributed by atoms with Crippen molar-refractivity contribution >= 4 is 41.0 Å². The zero-order valence-corrected chi connectivity index (χ0v) is 20.7. The summed E-state index contributed by atoms with van der Waals surface area (Å²) in [4.78, 5) is 43.5. The second-order valence-electron chi connectivity index (χ2n) is 9.46. The minimum atomic E-state index is -0.944. The maximum atomic E-state index is 12.7. The van der Waals surface area contributed by atoms with Gasteiger partial charge in [0.2, 0.25) is 17.8 Å². The molecule has 9 nitrogen and oxygen atoms in total. The lowest BCUT2D eigenvalue weighted by atomic mass is 9.93. The Labute approximate surface area is 210 Å². The van der Waals surface area contributed by atoms with Crippen molar-refractivity contribution < 1.29 is 24.2 Å². The van der Waals surface area contributed by atoms with Crippen molar-refractivity contribution in [2.24, 2.45) is 4.99 Å². The number of carbonyl (C=O) groups excluding carboxylic acids is 2. The van der Waals surface area contributed by atoms with Crippen molar-refractivity contribution in [2.75, 3.05) is 19.7 Å². The molecule has 0 spiro atoms. The number of rotatable bonds is 11. The molecule has 2 N–H and O–H groups in total. The predicted octanol–water partition coefficient (Wildman–Crippen LogP) is 3.85. The third-order valence-electron chi connectivity index (χ3n) is 6.80. The Balaban J connectivity index is 1.17. The average Bonchev–Trinajstić information content (AvgIpc) is 3.20. The first-order valence-corrected chi connectivity index (χ1v) is 12.9. The fraction of sp³-hybridized carbons (Fsp3) is 0.600. The molecule has 0 atom stereocenters. The van der Waals surface area contributed by atoms with Crippen LogP contribution in [0.15, 0.2) is 17.1 Å². The van der Waals surface area contributed by atoms with Crippen molar-refractivity contribution in [1.29, 1.82) is 0 Å². The molecule has 0 bridgehead atoms. The number of carbonyl (C=O) groups is 3. The summed E-state index contributed by atoms with van der Waals surface area (Å²) in [7, 11) is 0. The van der Waals surface area contributed by atoms with Gasteiger partial charge in [-0.1, -0.05) is 43.7 Å². The first-order chi connectivity index (χ1) is 16.9. The molecule has 10 heteroatoms. The monoisotopic (exact) mass is 504 g/mol. The maximum Gasteiger partial charge on any atom is 0.323 e. The molecule has 1 saturated heterocycles. The smallest absolute Gasteiger partial charge is 0.323 e. The predicted molar refractivity (Wildman–Crippen MR) is 132 cm³/mol. The molecule has 3 aliphatic rings. The fourth-order valence-electron chi connectivity index (χ4n) is 4.99. The minimum Gasteiger partial charge on any atom is -0.493 e. The number of halogens is 1. The van der Waals surface area contributed by atoms with Gasteiger partial charge in [0.25, 0.3) is 0 Å². The molecule has 35 heavy (non-hydrogen) atoms. The highest BCUT2D eigenvalue weighted by Crippen LogP contribution is 2.36. The van der Waals surface area contributed by atoms with E-state index in [2.05, 4.69) is 10.3 Å². The Morgan fingerprint density at radius 2 is 1.91 bits per heavy atom. The topological polar surface area (TPSA) is 112 Å². The highest BCUT2D eigenvalue weighted by Gasteiger charge is 2.30. The molecule has 2 aliphatic heterocycles. The number of nitrogens with zero attached hydrogens (tertiary/aromatic N) is 3. The van der Waals surface area contributed by atoms with Crippen LogP contribution in [0, 0.1) is 0 Å². The van der Waals surface area contributed by atoms with E-state index in [1.54, 1.807) is 11.0 Å². The van der Waals surface area contributed by atoms with Crippen LogP contribution < -0.4 is 10.1 Å². The lowest BCUT2D eigenvalue weighted by Gasteiger charge is -2.33. The Morgan fingerprint density at radius 1 is 1.14 bits per heavy atom. The van der Waals surface area contributed by atoms with E-state index in [9.17, 15) is 19.5 Å². The van der Waals surface area contributed by atoms with Gasteiger partial charge < -0.3 is 19.6 Å². The average molecular weight is 505 g/mol. The summed E-state index contributed by atoms with van der Waals surface area (Å²) in [6.07, 6.45) is 8.86. The number of aliphatic carboxylic acids is 1. The summed E-state index contributed by atoms with van der Waals surface area (Å²) in [5.41, 5.74) is 1.59. The molecule has 0 unspecified atom stereocenters. The van der Waals surface area contributed by atoms with Crippen LogP contribution in [0.25, 0.3) is 0 Å². The molecule has 0 aromatic heterocycles. The lowest BCUT2D eigenvalue weighted by Crippen LogP contribution is -2.44. The number of benzene rings is 1. The molecule has 2 fully saturated rings.